The summed E-state index contributed by atoms with van der Waals surface area (Å²) in [5.41, 5.74) is -1.37. The van der Waals surface area contributed by atoms with Gasteiger partial charge >= 0.3 is 19.3 Å². The molecule has 1 aliphatic rings. The van der Waals surface area contributed by atoms with Gasteiger partial charge in [-0.1, -0.05) is 0 Å². The number of ether oxygens (including phenoxy) is 2. The van der Waals surface area contributed by atoms with Gasteiger partial charge in [0.15, 0.2) is 0 Å². The van der Waals surface area contributed by atoms with Crippen molar-refractivity contribution in [3.63, 3.8) is 0 Å². The molecule has 1 fully saturated rings. The first-order valence-electron chi connectivity index (χ1n) is 6.64. The van der Waals surface area contributed by atoms with E-state index in [2.05, 4.69) is 4.74 Å². The molecule has 25 heavy (non-hydrogen) atoms. The molecule has 0 aromatic carbocycles. The van der Waals surface area contributed by atoms with Gasteiger partial charge in [0.25, 0.3) is 11.4 Å². The number of rotatable bonds is 6. The molecule has 2 rings (SSSR count). The van der Waals surface area contributed by atoms with Crippen molar-refractivity contribution < 1.29 is 38.8 Å². The number of aliphatic hydroxyl groups is 1. The Bertz CT molecular complexity index is 770. The van der Waals surface area contributed by atoms with Crippen molar-refractivity contribution in [2.24, 2.45) is 0 Å². The Morgan fingerprint density at radius 1 is 1.48 bits per heavy atom. The third-order valence-electron chi connectivity index (χ3n) is 3.30. The second-order valence-corrected chi connectivity index (χ2v) is 6.71. The van der Waals surface area contributed by atoms with E-state index < -0.39 is 55.7 Å². The highest BCUT2D eigenvalue weighted by Crippen LogP contribution is 2.42. The van der Waals surface area contributed by atoms with Crippen LogP contribution in [0.1, 0.15) is 12.6 Å². The van der Waals surface area contributed by atoms with E-state index in [9.17, 15) is 24.1 Å². The predicted octanol–water partition coefficient (Wildman–Crippen LogP) is -2.05. The zero-order chi connectivity index (χ0) is 18.1. The molecule has 4 atom stereocenters. The Kier molecular flexibility index (Phi) is 6.79. The molecule has 1 unspecified atom stereocenters. The van der Waals surface area contributed by atoms with Crippen molar-refractivity contribution in [3.8, 4) is 0 Å². The summed E-state index contributed by atoms with van der Waals surface area (Å²) >= 11 is 0. The lowest BCUT2D eigenvalue weighted by atomic mass is 10.2. The van der Waals surface area contributed by atoms with Crippen molar-refractivity contribution in [2.75, 3.05) is 6.61 Å². The van der Waals surface area contributed by atoms with Crippen LogP contribution in [0.5, 0.6) is 0 Å². The molecule has 0 bridgehead atoms. The predicted molar refractivity (Wildman–Crippen MR) is 80.3 cm³/mol. The Labute approximate surface area is 139 Å². The van der Waals surface area contributed by atoms with Gasteiger partial charge in [0.2, 0.25) is 0 Å². The number of carboxylic acids is 1. The summed E-state index contributed by atoms with van der Waals surface area (Å²) in [6, 6.07) is 1.08. The molecule has 1 saturated heterocycles. The van der Waals surface area contributed by atoms with Gasteiger partial charge in [0.05, 0.1) is 12.7 Å². The first kappa shape index (κ1) is 21.2. The van der Waals surface area contributed by atoms with E-state index in [0.29, 0.717) is 0 Å². The van der Waals surface area contributed by atoms with E-state index >= 15 is 0 Å². The van der Waals surface area contributed by atoms with Crippen molar-refractivity contribution in [1.29, 1.82) is 0 Å². The molecule has 13 nitrogen and oxygen atoms in total. The summed E-state index contributed by atoms with van der Waals surface area (Å²) in [6.07, 6.45) is -2.12. The molecule has 0 radical (unpaired) electrons. The van der Waals surface area contributed by atoms with E-state index in [1.165, 1.54) is 0 Å². The van der Waals surface area contributed by atoms with E-state index in [1.54, 1.807) is 0 Å². The topological polar surface area (TPSA) is 223 Å². The minimum Gasteiger partial charge on any atom is -0.479 e. The van der Waals surface area contributed by atoms with Crippen LogP contribution in [0.25, 0.3) is 0 Å². The third-order valence-corrected chi connectivity index (χ3v) is 4.28. The summed E-state index contributed by atoms with van der Waals surface area (Å²) in [4.78, 5) is 53.3. The zero-order valence-corrected chi connectivity index (χ0v) is 13.6. The molecule has 0 amide bonds. The summed E-state index contributed by atoms with van der Waals surface area (Å²) in [7, 11) is -5.05. The molecular weight excluding hydrogens is 365 g/mol. The summed E-state index contributed by atoms with van der Waals surface area (Å²) in [5, 5.41) is 18.6. The molecule has 142 valence electrons. The lowest BCUT2D eigenvalue weighted by Gasteiger charge is -2.19. The molecule has 2 heterocycles. The number of aromatic nitrogens is 2. The maximum absolute atomic E-state index is 11.7. The highest BCUT2D eigenvalue weighted by molar-refractivity contribution is 7.53. The number of aliphatic carboxylic acids is 1. The molecule has 1 aromatic rings. The van der Waals surface area contributed by atoms with Crippen LogP contribution in [0.4, 0.5) is 0 Å². The molecule has 1 aliphatic heterocycles. The fraction of sp³-hybridized carbons (Fsp3) is 0.545. The maximum Gasteiger partial charge on any atom is 0.365 e. The van der Waals surface area contributed by atoms with E-state index in [0.717, 1.165) is 16.8 Å². The average Bonchev–Trinajstić information content (AvgIpc) is 2.78. The van der Waals surface area contributed by atoms with E-state index in [-0.39, 0.29) is 12.6 Å². The van der Waals surface area contributed by atoms with Gasteiger partial charge in [0, 0.05) is 18.7 Å². The number of aromatic amines is 1. The van der Waals surface area contributed by atoms with Gasteiger partial charge in [-0.3, -0.25) is 18.9 Å². The van der Waals surface area contributed by atoms with Crippen molar-refractivity contribution in [1.82, 2.24) is 15.7 Å². The average molecular weight is 383 g/mol. The number of carboxylic acid groups (broad SMARTS) is 1. The molecule has 0 aliphatic carbocycles. The van der Waals surface area contributed by atoms with Gasteiger partial charge in [-0.05, 0) is 0 Å². The molecular formula is C11H18N3O10P. The number of hydrogen-bond acceptors (Lipinski definition) is 8. The fourth-order valence-electron chi connectivity index (χ4n) is 2.19. The first-order chi connectivity index (χ1) is 11.1. The number of H-pyrrole nitrogens is 1. The number of hydrogen-bond donors (Lipinski definition) is 6. The number of nitrogens with zero attached hydrogens (tertiary/aromatic N) is 1. The molecule has 0 spiro atoms. The van der Waals surface area contributed by atoms with Crippen molar-refractivity contribution in [3.05, 3.63) is 33.1 Å². The highest BCUT2D eigenvalue weighted by Gasteiger charge is 2.41. The molecule has 0 saturated carbocycles. The first-order valence-corrected chi connectivity index (χ1v) is 8.32. The second kappa shape index (κ2) is 8.01. The summed E-state index contributed by atoms with van der Waals surface area (Å²) in [5.74, 6) is -4.24. The monoisotopic (exact) mass is 383 g/mol. The Morgan fingerprint density at radius 3 is 2.64 bits per heavy atom. The number of nitrogens with one attached hydrogen (secondary N) is 1. The van der Waals surface area contributed by atoms with Crippen LogP contribution >= 0.6 is 7.60 Å². The summed E-state index contributed by atoms with van der Waals surface area (Å²) < 4.78 is 22.1. The number of aliphatic hydroxyl groups excluding tert-OH is 1. The van der Waals surface area contributed by atoms with Crippen LogP contribution in [0.2, 0.25) is 0 Å². The van der Waals surface area contributed by atoms with Crippen LogP contribution in [0.15, 0.2) is 21.9 Å². The molecule has 8 N–H and O–H groups in total. The van der Waals surface area contributed by atoms with Crippen LogP contribution in [-0.4, -0.2) is 60.2 Å². The van der Waals surface area contributed by atoms with Crippen LogP contribution in [0.3, 0.4) is 0 Å². The summed E-state index contributed by atoms with van der Waals surface area (Å²) in [6.45, 7) is -0.613. The van der Waals surface area contributed by atoms with Gasteiger partial charge in [-0.2, -0.15) is 0 Å². The minimum absolute atomic E-state index is 0. The molecule has 1 aromatic heterocycles. The maximum atomic E-state index is 11.7. The normalized spacial score (nSPS) is 24.5. The van der Waals surface area contributed by atoms with E-state index in [4.69, 9.17) is 19.6 Å². The Morgan fingerprint density at radius 2 is 2.12 bits per heavy atom. The lowest BCUT2D eigenvalue weighted by molar-refractivity contribution is -0.149. The van der Waals surface area contributed by atoms with Crippen molar-refractivity contribution in [2.45, 2.75) is 30.7 Å². The SMILES string of the molecule is N.O=C(O)C(OC[C@H]1O[C@@H](n2ccc(=O)[nH]c2=O)C[C@@H]1O)P(=O)(O)O. The van der Waals surface area contributed by atoms with Gasteiger partial charge in [-0.25, -0.2) is 9.59 Å². The van der Waals surface area contributed by atoms with Gasteiger partial charge in [-0.15, -0.1) is 0 Å². The highest BCUT2D eigenvalue weighted by atomic mass is 31.2. The number of carbonyl (C=O) groups is 1. The quantitative estimate of drug-likeness (QED) is 0.293. The standard InChI is InChI=1S/C11H15N2O10P.H3N/c14-5-3-8(13-2-1-7(15)12-11(13)18)23-6(5)4-22-10(9(16)17)24(19,20)21;/h1-2,5-6,8,10,14H,3-4H2,(H,16,17)(H,12,15,18)(H2,19,20,21);1H3/t5-,6+,8+,10?;/m0./s1. The van der Waals surface area contributed by atoms with E-state index in [1.807, 2.05) is 4.98 Å². The fourth-order valence-corrected chi connectivity index (χ4v) is 2.76. The largest absolute Gasteiger partial charge is 0.479 e. The Hall–Kier alpha value is -1.86. The smallest absolute Gasteiger partial charge is 0.365 e. The van der Waals surface area contributed by atoms with Crippen LogP contribution < -0.4 is 17.4 Å². The van der Waals surface area contributed by atoms with Crippen LogP contribution in [0, 0.1) is 0 Å². The lowest BCUT2D eigenvalue weighted by Crippen LogP contribution is -2.33. The van der Waals surface area contributed by atoms with Crippen LogP contribution in [-0.2, 0) is 18.8 Å². The molecule has 14 heteroatoms. The van der Waals surface area contributed by atoms with Gasteiger partial charge in [0.1, 0.15) is 12.3 Å². The van der Waals surface area contributed by atoms with Crippen molar-refractivity contribution >= 4 is 13.6 Å². The Balaban J connectivity index is 0.00000312. The third kappa shape index (κ3) is 5.06. The minimum atomic E-state index is -5.05. The van der Waals surface area contributed by atoms with Gasteiger partial charge < -0.3 is 35.6 Å². The zero-order valence-electron chi connectivity index (χ0n) is 12.7. The second-order valence-electron chi connectivity index (χ2n) is 5.06.